The Morgan fingerprint density at radius 3 is 2.47 bits per heavy atom. The van der Waals surface area contributed by atoms with Gasteiger partial charge in [-0.3, -0.25) is 4.79 Å². The van der Waals surface area contributed by atoms with Crippen molar-refractivity contribution in [3.8, 4) is 5.75 Å². The average molecular weight is 430 g/mol. The van der Waals surface area contributed by atoms with Gasteiger partial charge < -0.3 is 19.9 Å². The highest BCUT2D eigenvalue weighted by Gasteiger charge is 2.27. The molecule has 1 heterocycles. The Labute approximate surface area is 190 Å². The molecule has 0 radical (unpaired) electrons. The first-order valence-corrected chi connectivity index (χ1v) is 11.1. The van der Waals surface area contributed by atoms with E-state index in [0.717, 1.165) is 24.2 Å². The molecular weight excluding hydrogens is 398 g/mol. The molecule has 0 aliphatic carbocycles. The van der Waals surface area contributed by atoms with E-state index < -0.39 is 0 Å². The summed E-state index contributed by atoms with van der Waals surface area (Å²) >= 11 is 0. The SMILES string of the molecule is Cc1ccc(OCC(=O)NC[C@H](c2ccc(N(C)C)cc2)N2CCc3ccccc32)cc1. The monoisotopic (exact) mass is 429 g/mol. The third-order valence-electron chi connectivity index (χ3n) is 5.98. The molecule has 5 nitrogen and oxygen atoms in total. The maximum atomic E-state index is 12.6. The molecule has 1 atom stereocenters. The summed E-state index contributed by atoms with van der Waals surface area (Å²) in [5, 5.41) is 3.09. The Bertz CT molecular complexity index is 1050. The van der Waals surface area contributed by atoms with Crippen LogP contribution in [-0.2, 0) is 11.2 Å². The molecule has 0 unspecified atom stereocenters. The van der Waals surface area contributed by atoms with E-state index in [-0.39, 0.29) is 18.6 Å². The zero-order chi connectivity index (χ0) is 22.5. The van der Waals surface area contributed by atoms with Gasteiger partial charge in [0.15, 0.2) is 6.61 Å². The smallest absolute Gasteiger partial charge is 0.258 e. The van der Waals surface area contributed by atoms with Crippen LogP contribution in [0, 0.1) is 6.92 Å². The van der Waals surface area contributed by atoms with E-state index >= 15 is 0 Å². The molecule has 5 heteroatoms. The Kier molecular flexibility index (Phi) is 6.64. The quantitative estimate of drug-likeness (QED) is 0.578. The van der Waals surface area contributed by atoms with Crippen molar-refractivity contribution in [2.45, 2.75) is 19.4 Å². The number of carbonyl (C=O) groups is 1. The molecule has 1 N–H and O–H groups in total. The lowest BCUT2D eigenvalue weighted by atomic mass is 10.0. The summed E-state index contributed by atoms with van der Waals surface area (Å²) in [5.41, 5.74) is 6.11. The number of hydrogen-bond acceptors (Lipinski definition) is 4. The number of nitrogens with one attached hydrogen (secondary N) is 1. The maximum absolute atomic E-state index is 12.6. The maximum Gasteiger partial charge on any atom is 0.258 e. The number of rotatable bonds is 8. The second-order valence-corrected chi connectivity index (χ2v) is 8.48. The van der Waals surface area contributed by atoms with Gasteiger partial charge >= 0.3 is 0 Å². The number of hydrogen-bond donors (Lipinski definition) is 1. The highest BCUT2D eigenvalue weighted by Crippen LogP contribution is 2.35. The Balaban J connectivity index is 1.47. The van der Waals surface area contributed by atoms with Gasteiger partial charge in [-0.15, -0.1) is 0 Å². The fraction of sp³-hybridized carbons (Fsp3) is 0.296. The zero-order valence-corrected chi connectivity index (χ0v) is 19.0. The zero-order valence-electron chi connectivity index (χ0n) is 19.0. The van der Waals surface area contributed by atoms with Crippen LogP contribution in [0.1, 0.15) is 22.7 Å². The summed E-state index contributed by atoms with van der Waals surface area (Å²) in [5.74, 6) is 0.586. The minimum atomic E-state index is -0.118. The lowest BCUT2D eigenvalue weighted by Gasteiger charge is -2.31. The molecule has 3 aromatic carbocycles. The number of aryl methyl sites for hydroxylation is 1. The van der Waals surface area contributed by atoms with Gasteiger partial charge in [0, 0.05) is 38.6 Å². The third kappa shape index (κ3) is 5.05. The second kappa shape index (κ2) is 9.77. The molecule has 1 amide bonds. The number of fused-ring (bicyclic) bond motifs is 1. The first kappa shape index (κ1) is 21.8. The van der Waals surface area contributed by atoms with Crippen molar-refractivity contribution in [1.29, 1.82) is 0 Å². The Morgan fingerprint density at radius 2 is 1.75 bits per heavy atom. The molecule has 0 spiro atoms. The molecule has 0 aromatic heterocycles. The van der Waals surface area contributed by atoms with E-state index in [1.165, 1.54) is 16.8 Å². The number of amides is 1. The predicted octanol–water partition coefficient (Wildman–Crippen LogP) is 4.36. The molecule has 1 aliphatic heterocycles. The average Bonchev–Trinajstić information content (AvgIpc) is 3.23. The summed E-state index contributed by atoms with van der Waals surface area (Å²) in [6.07, 6.45) is 1.02. The van der Waals surface area contributed by atoms with Crippen molar-refractivity contribution >= 4 is 17.3 Å². The van der Waals surface area contributed by atoms with Crippen LogP contribution in [-0.4, -0.2) is 39.7 Å². The first-order chi connectivity index (χ1) is 15.5. The summed E-state index contributed by atoms with van der Waals surface area (Å²) < 4.78 is 5.65. The van der Waals surface area contributed by atoms with Gasteiger partial charge in [-0.2, -0.15) is 0 Å². The Morgan fingerprint density at radius 1 is 1.03 bits per heavy atom. The lowest BCUT2D eigenvalue weighted by molar-refractivity contribution is -0.123. The van der Waals surface area contributed by atoms with Crippen molar-refractivity contribution < 1.29 is 9.53 Å². The van der Waals surface area contributed by atoms with Crippen LogP contribution in [0.2, 0.25) is 0 Å². The first-order valence-electron chi connectivity index (χ1n) is 11.1. The fourth-order valence-electron chi connectivity index (χ4n) is 4.14. The number of benzene rings is 3. The predicted molar refractivity (Wildman–Crippen MR) is 131 cm³/mol. The minimum absolute atomic E-state index is 0.00589. The van der Waals surface area contributed by atoms with E-state index in [1.54, 1.807) is 0 Å². The number of nitrogens with zero attached hydrogens (tertiary/aromatic N) is 2. The van der Waals surface area contributed by atoms with Crippen LogP contribution in [0.5, 0.6) is 5.75 Å². The van der Waals surface area contributed by atoms with E-state index in [9.17, 15) is 4.79 Å². The molecule has 0 saturated heterocycles. The second-order valence-electron chi connectivity index (χ2n) is 8.48. The van der Waals surface area contributed by atoms with Gasteiger partial charge in [-0.05, 0) is 54.8 Å². The molecule has 3 aromatic rings. The van der Waals surface area contributed by atoms with Crippen molar-refractivity contribution in [3.63, 3.8) is 0 Å². The van der Waals surface area contributed by atoms with Crippen molar-refractivity contribution in [1.82, 2.24) is 5.32 Å². The standard InChI is InChI=1S/C27H31N3O2/c1-20-8-14-24(15-9-20)32-19-27(31)28-18-26(22-10-12-23(13-11-22)29(2)3)30-17-16-21-6-4-5-7-25(21)30/h4-15,26H,16-19H2,1-3H3,(H,28,31)/t26-/m1/s1. The van der Waals surface area contributed by atoms with E-state index in [2.05, 4.69) is 63.6 Å². The van der Waals surface area contributed by atoms with Gasteiger partial charge in [0.1, 0.15) is 5.75 Å². The topological polar surface area (TPSA) is 44.8 Å². The normalized spacial score (nSPS) is 13.4. The van der Waals surface area contributed by atoms with Crippen molar-refractivity contribution in [2.75, 3.05) is 43.6 Å². The van der Waals surface area contributed by atoms with Crippen molar-refractivity contribution in [3.05, 3.63) is 89.5 Å². The van der Waals surface area contributed by atoms with Gasteiger partial charge in [0.2, 0.25) is 0 Å². The minimum Gasteiger partial charge on any atom is -0.484 e. The molecule has 0 saturated carbocycles. The number of carbonyl (C=O) groups excluding carboxylic acids is 1. The van der Waals surface area contributed by atoms with Crippen LogP contribution in [0.3, 0.4) is 0 Å². The van der Waals surface area contributed by atoms with Crippen LogP contribution < -0.4 is 19.9 Å². The summed E-state index contributed by atoms with van der Waals surface area (Å²) in [6.45, 7) is 3.49. The van der Waals surface area contributed by atoms with Gasteiger partial charge in [-0.1, -0.05) is 48.0 Å². The van der Waals surface area contributed by atoms with Crippen molar-refractivity contribution in [2.24, 2.45) is 0 Å². The largest absolute Gasteiger partial charge is 0.484 e. The van der Waals surface area contributed by atoms with Crippen LogP contribution in [0.4, 0.5) is 11.4 Å². The molecule has 32 heavy (non-hydrogen) atoms. The van der Waals surface area contributed by atoms with E-state index in [1.807, 2.05) is 45.3 Å². The van der Waals surface area contributed by atoms with Crippen LogP contribution >= 0.6 is 0 Å². The number of ether oxygens (including phenoxy) is 1. The Hall–Kier alpha value is -3.47. The van der Waals surface area contributed by atoms with Gasteiger partial charge in [-0.25, -0.2) is 0 Å². The summed E-state index contributed by atoms with van der Waals surface area (Å²) in [7, 11) is 4.08. The molecule has 0 bridgehead atoms. The van der Waals surface area contributed by atoms with E-state index in [4.69, 9.17) is 4.74 Å². The summed E-state index contributed by atoms with van der Waals surface area (Å²) in [4.78, 5) is 17.1. The third-order valence-corrected chi connectivity index (χ3v) is 5.98. The fourth-order valence-corrected chi connectivity index (χ4v) is 4.14. The van der Waals surface area contributed by atoms with Gasteiger partial charge in [0.05, 0.1) is 6.04 Å². The molecule has 1 aliphatic rings. The van der Waals surface area contributed by atoms with Gasteiger partial charge in [0.25, 0.3) is 5.91 Å². The summed E-state index contributed by atoms with van der Waals surface area (Å²) in [6, 6.07) is 24.9. The molecule has 166 valence electrons. The van der Waals surface area contributed by atoms with Crippen LogP contribution in [0.15, 0.2) is 72.8 Å². The van der Waals surface area contributed by atoms with Crippen LogP contribution in [0.25, 0.3) is 0 Å². The molecular formula is C27H31N3O2. The highest BCUT2D eigenvalue weighted by molar-refractivity contribution is 5.77. The lowest BCUT2D eigenvalue weighted by Crippen LogP contribution is -2.39. The molecule has 4 rings (SSSR count). The molecule has 0 fully saturated rings. The number of para-hydroxylation sites is 1. The highest BCUT2D eigenvalue weighted by atomic mass is 16.5. The van der Waals surface area contributed by atoms with E-state index in [0.29, 0.717) is 12.3 Å². The number of anilines is 2.